The Morgan fingerprint density at radius 1 is 1.31 bits per heavy atom. The summed E-state index contributed by atoms with van der Waals surface area (Å²) in [6, 6.07) is 1.85. The predicted octanol–water partition coefficient (Wildman–Crippen LogP) is 0.977. The topological polar surface area (TPSA) is 80.9 Å². The lowest BCUT2D eigenvalue weighted by atomic mass is 10.4. The Morgan fingerprint density at radius 3 is 2.44 bits per heavy atom. The maximum Gasteiger partial charge on any atom is 0.356 e. The molecule has 2 aromatic rings. The van der Waals surface area contributed by atoms with E-state index >= 15 is 0 Å². The van der Waals surface area contributed by atoms with Crippen LogP contribution in [0, 0.1) is 13.8 Å². The van der Waals surface area contributed by atoms with E-state index in [1.165, 1.54) is 17.1 Å². The summed E-state index contributed by atoms with van der Waals surface area (Å²) in [5, 5.41) is 8.74. The zero-order valence-corrected chi connectivity index (χ0v) is 8.88. The van der Waals surface area contributed by atoms with E-state index in [9.17, 15) is 4.79 Å². The summed E-state index contributed by atoms with van der Waals surface area (Å²) in [6.45, 7) is 3.71. The Hall–Kier alpha value is -2.24. The molecule has 0 spiro atoms. The molecule has 0 aliphatic carbocycles. The summed E-state index contributed by atoms with van der Waals surface area (Å²) in [5.74, 6) is -0.638. The van der Waals surface area contributed by atoms with Crippen LogP contribution in [0.2, 0.25) is 0 Å². The molecule has 2 aromatic heterocycles. The molecule has 1 N–H and O–H groups in total. The number of carbonyl (C=O) groups is 1. The molecule has 0 radical (unpaired) electrons. The number of aromatic nitrogens is 4. The van der Waals surface area contributed by atoms with Crippen molar-refractivity contribution in [3.8, 4) is 5.95 Å². The lowest BCUT2D eigenvalue weighted by molar-refractivity contribution is 0.0691. The Morgan fingerprint density at radius 2 is 1.94 bits per heavy atom. The van der Waals surface area contributed by atoms with Gasteiger partial charge < -0.3 is 5.11 Å². The van der Waals surface area contributed by atoms with Crippen LogP contribution in [0.15, 0.2) is 18.6 Å². The number of hydrogen-bond acceptors (Lipinski definition) is 4. The second-order valence-corrected chi connectivity index (χ2v) is 3.42. The summed E-state index contributed by atoms with van der Waals surface area (Å²) in [4.78, 5) is 22.8. The van der Waals surface area contributed by atoms with E-state index in [0.717, 1.165) is 11.4 Å². The summed E-state index contributed by atoms with van der Waals surface area (Å²) >= 11 is 0. The van der Waals surface area contributed by atoms with Gasteiger partial charge in [0, 0.05) is 17.6 Å². The second kappa shape index (κ2) is 3.73. The summed E-state index contributed by atoms with van der Waals surface area (Å²) in [5.41, 5.74) is 1.63. The van der Waals surface area contributed by atoms with Gasteiger partial charge in [-0.25, -0.2) is 19.7 Å². The normalized spacial score (nSPS) is 10.4. The van der Waals surface area contributed by atoms with Crippen LogP contribution in [0.25, 0.3) is 5.95 Å². The molecule has 0 saturated heterocycles. The number of aromatic carboxylic acids is 1. The number of carboxylic acids is 1. The molecule has 0 amide bonds. The number of carboxylic acid groups (broad SMARTS) is 1. The van der Waals surface area contributed by atoms with Crippen molar-refractivity contribution in [3.63, 3.8) is 0 Å². The highest BCUT2D eigenvalue weighted by molar-refractivity contribution is 5.85. The van der Waals surface area contributed by atoms with Gasteiger partial charge in [-0.3, -0.25) is 4.57 Å². The van der Waals surface area contributed by atoms with Crippen molar-refractivity contribution in [2.24, 2.45) is 0 Å². The first kappa shape index (κ1) is 10.3. The van der Waals surface area contributed by atoms with Gasteiger partial charge in [-0.15, -0.1) is 0 Å². The van der Waals surface area contributed by atoms with Gasteiger partial charge in [0.2, 0.25) is 5.95 Å². The molecule has 6 nitrogen and oxygen atoms in total. The standard InChI is InChI=1S/C10H10N4O2/c1-6-3-7(2)13-10(12-6)14-4-8(9(15)16)11-5-14/h3-5H,1-2H3,(H,15,16). The lowest BCUT2D eigenvalue weighted by Gasteiger charge is -2.02. The minimum Gasteiger partial charge on any atom is -0.476 e. The van der Waals surface area contributed by atoms with Gasteiger partial charge in [0.05, 0.1) is 0 Å². The fourth-order valence-corrected chi connectivity index (χ4v) is 1.37. The molecule has 16 heavy (non-hydrogen) atoms. The molecule has 0 saturated carbocycles. The van der Waals surface area contributed by atoms with Crippen molar-refractivity contribution in [2.75, 3.05) is 0 Å². The molecule has 82 valence electrons. The fourth-order valence-electron chi connectivity index (χ4n) is 1.37. The molecular formula is C10H10N4O2. The Bertz CT molecular complexity index is 527. The van der Waals surface area contributed by atoms with Crippen molar-refractivity contribution in [1.29, 1.82) is 0 Å². The molecule has 6 heteroatoms. The third-order valence-corrected chi connectivity index (χ3v) is 2.00. The van der Waals surface area contributed by atoms with Gasteiger partial charge in [0.15, 0.2) is 5.69 Å². The maximum absolute atomic E-state index is 10.7. The average Bonchev–Trinajstić information content (AvgIpc) is 2.64. The predicted molar refractivity (Wildman–Crippen MR) is 55.6 cm³/mol. The molecule has 2 heterocycles. The van der Waals surface area contributed by atoms with Crippen LogP contribution in [0.3, 0.4) is 0 Å². The lowest BCUT2D eigenvalue weighted by Crippen LogP contribution is -2.02. The number of imidazole rings is 1. The highest BCUT2D eigenvalue weighted by atomic mass is 16.4. The van der Waals surface area contributed by atoms with Crippen molar-refractivity contribution in [3.05, 3.63) is 35.7 Å². The van der Waals surface area contributed by atoms with Gasteiger partial charge in [0.1, 0.15) is 6.33 Å². The first-order valence-electron chi connectivity index (χ1n) is 4.66. The number of aryl methyl sites for hydroxylation is 2. The number of hydrogen-bond donors (Lipinski definition) is 1. The zero-order valence-electron chi connectivity index (χ0n) is 8.88. The van der Waals surface area contributed by atoms with Crippen LogP contribution >= 0.6 is 0 Å². The highest BCUT2D eigenvalue weighted by Crippen LogP contribution is 2.06. The van der Waals surface area contributed by atoms with Crippen LogP contribution in [-0.2, 0) is 0 Å². The molecule has 0 aromatic carbocycles. The maximum atomic E-state index is 10.7. The molecular weight excluding hydrogens is 208 g/mol. The first-order chi connectivity index (χ1) is 7.56. The van der Waals surface area contributed by atoms with E-state index in [1.807, 2.05) is 19.9 Å². The van der Waals surface area contributed by atoms with E-state index in [4.69, 9.17) is 5.11 Å². The van der Waals surface area contributed by atoms with E-state index < -0.39 is 5.97 Å². The molecule has 0 atom stereocenters. The van der Waals surface area contributed by atoms with Crippen molar-refractivity contribution >= 4 is 5.97 Å². The van der Waals surface area contributed by atoms with E-state index in [-0.39, 0.29) is 5.69 Å². The summed E-state index contributed by atoms with van der Waals surface area (Å²) in [7, 11) is 0. The van der Waals surface area contributed by atoms with E-state index in [0.29, 0.717) is 5.95 Å². The minimum atomic E-state index is -1.07. The van der Waals surface area contributed by atoms with Gasteiger partial charge >= 0.3 is 5.97 Å². The average molecular weight is 218 g/mol. The molecule has 0 aliphatic rings. The molecule has 0 fully saturated rings. The third-order valence-electron chi connectivity index (χ3n) is 2.00. The van der Waals surface area contributed by atoms with Crippen LogP contribution in [0.5, 0.6) is 0 Å². The Labute approximate surface area is 91.6 Å². The number of nitrogens with zero attached hydrogens (tertiary/aromatic N) is 4. The molecule has 0 aliphatic heterocycles. The van der Waals surface area contributed by atoms with E-state index in [1.54, 1.807) is 0 Å². The smallest absolute Gasteiger partial charge is 0.356 e. The first-order valence-corrected chi connectivity index (χ1v) is 4.66. The zero-order chi connectivity index (χ0) is 11.7. The SMILES string of the molecule is Cc1cc(C)nc(-n2cnc(C(=O)O)c2)n1. The number of rotatable bonds is 2. The van der Waals surface area contributed by atoms with Crippen molar-refractivity contribution in [2.45, 2.75) is 13.8 Å². The van der Waals surface area contributed by atoms with Crippen LogP contribution in [0.1, 0.15) is 21.9 Å². The van der Waals surface area contributed by atoms with Gasteiger partial charge in [-0.05, 0) is 19.9 Å². The van der Waals surface area contributed by atoms with E-state index in [2.05, 4.69) is 15.0 Å². The quantitative estimate of drug-likeness (QED) is 0.812. The van der Waals surface area contributed by atoms with Crippen LogP contribution in [0.4, 0.5) is 0 Å². The van der Waals surface area contributed by atoms with Crippen molar-refractivity contribution in [1.82, 2.24) is 19.5 Å². The largest absolute Gasteiger partial charge is 0.476 e. The second-order valence-electron chi connectivity index (χ2n) is 3.42. The summed E-state index contributed by atoms with van der Waals surface area (Å²) < 4.78 is 1.49. The van der Waals surface area contributed by atoms with Crippen LogP contribution in [-0.4, -0.2) is 30.6 Å². The Kier molecular flexibility index (Phi) is 2.40. The minimum absolute atomic E-state index is 0.0252. The molecule has 0 bridgehead atoms. The Balaban J connectivity index is 2.46. The van der Waals surface area contributed by atoms with Gasteiger partial charge in [-0.2, -0.15) is 0 Å². The highest BCUT2D eigenvalue weighted by Gasteiger charge is 2.09. The van der Waals surface area contributed by atoms with Crippen LogP contribution < -0.4 is 0 Å². The third kappa shape index (κ3) is 1.90. The molecule has 2 rings (SSSR count). The van der Waals surface area contributed by atoms with Crippen molar-refractivity contribution < 1.29 is 9.90 Å². The van der Waals surface area contributed by atoms with Gasteiger partial charge in [0.25, 0.3) is 0 Å². The molecule has 0 unspecified atom stereocenters. The van der Waals surface area contributed by atoms with Gasteiger partial charge in [-0.1, -0.05) is 0 Å². The monoisotopic (exact) mass is 218 g/mol. The fraction of sp³-hybridized carbons (Fsp3) is 0.200. The summed E-state index contributed by atoms with van der Waals surface area (Å²) in [6.07, 6.45) is 2.77.